The highest BCUT2D eigenvalue weighted by Gasteiger charge is 2.45. The predicted octanol–water partition coefficient (Wildman–Crippen LogP) is 3.05. The van der Waals surface area contributed by atoms with Crippen molar-refractivity contribution >= 4 is 0 Å². The lowest BCUT2D eigenvalue weighted by Crippen LogP contribution is -2.64. The minimum atomic E-state index is 0.355. The molecule has 0 radical (unpaired) electrons. The van der Waals surface area contributed by atoms with Gasteiger partial charge in [0.15, 0.2) is 0 Å². The Labute approximate surface area is 125 Å². The van der Waals surface area contributed by atoms with E-state index in [2.05, 4.69) is 31.0 Å². The number of rotatable bonds is 9. The van der Waals surface area contributed by atoms with Crippen LogP contribution in [0.25, 0.3) is 0 Å². The summed E-state index contributed by atoms with van der Waals surface area (Å²) in [4.78, 5) is 2.70. The first kappa shape index (κ1) is 16.3. The average molecular weight is 282 g/mol. The van der Waals surface area contributed by atoms with Crippen LogP contribution in [0, 0.1) is 5.92 Å². The molecule has 2 fully saturated rings. The average Bonchev–Trinajstić information content (AvgIpc) is 3.27. The van der Waals surface area contributed by atoms with Crippen LogP contribution in [0.3, 0.4) is 0 Å². The van der Waals surface area contributed by atoms with Gasteiger partial charge in [0.2, 0.25) is 0 Å². The van der Waals surface area contributed by atoms with Gasteiger partial charge in [-0.05, 0) is 38.5 Å². The van der Waals surface area contributed by atoms with E-state index in [0.717, 1.165) is 32.2 Å². The predicted molar refractivity (Wildman–Crippen MR) is 85.1 cm³/mol. The molecule has 2 aliphatic rings. The van der Waals surface area contributed by atoms with E-state index in [0.29, 0.717) is 11.6 Å². The second-order valence-corrected chi connectivity index (χ2v) is 6.95. The lowest BCUT2D eigenvalue weighted by atomic mass is 9.90. The monoisotopic (exact) mass is 282 g/mol. The van der Waals surface area contributed by atoms with Crippen LogP contribution in [-0.4, -0.2) is 49.3 Å². The molecular formula is C17H34N2O. The molecule has 3 nitrogen and oxygen atoms in total. The molecule has 3 heteroatoms. The molecule has 1 heterocycles. The van der Waals surface area contributed by atoms with Crippen LogP contribution in [0.4, 0.5) is 0 Å². The first-order valence-electron chi connectivity index (χ1n) is 8.76. The Hall–Kier alpha value is -0.120. The second kappa shape index (κ2) is 7.77. The van der Waals surface area contributed by atoms with Crippen LogP contribution < -0.4 is 5.32 Å². The van der Waals surface area contributed by atoms with Crippen molar-refractivity contribution in [1.29, 1.82) is 0 Å². The van der Waals surface area contributed by atoms with Gasteiger partial charge in [0.05, 0.1) is 6.61 Å². The maximum absolute atomic E-state index is 5.79. The lowest BCUT2D eigenvalue weighted by molar-refractivity contribution is 0.0349. The molecule has 0 amide bonds. The third-order valence-electron chi connectivity index (χ3n) is 5.05. The zero-order chi connectivity index (χ0) is 14.4. The molecule has 0 spiro atoms. The maximum Gasteiger partial charge on any atom is 0.0593 e. The molecule has 0 aromatic rings. The van der Waals surface area contributed by atoms with Crippen LogP contribution in [-0.2, 0) is 4.74 Å². The lowest BCUT2D eigenvalue weighted by Gasteiger charge is -2.47. The fourth-order valence-corrected chi connectivity index (χ4v) is 3.49. The highest BCUT2D eigenvalue weighted by atomic mass is 16.5. The Bertz CT molecular complexity index is 280. The zero-order valence-corrected chi connectivity index (χ0v) is 13.8. The van der Waals surface area contributed by atoms with Crippen molar-refractivity contribution in [1.82, 2.24) is 10.2 Å². The van der Waals surface area contributed by atoms with E-state index >= 15 is 0 Å². The van der Waals surface area contributed by atoms with Gasteiger partial charge >= 0.3 is 0 Å². The van der Waals surface area contributed by atoms with E-state index in [-0.39, 0.29) is 0 Å². The van der Waals surface area contributed by atoms with Gasteiger partial charge in [-0.2, -0.15) is 0 Å². The summed E-state index contributed by atoms with van der Waals surface area (Å²) in [5.74, 6) is 0.911. The highest BCUT2D eigenvalue weighted by molar-refractivity contribution is 5.04. The van der Waals surface area contributed by atoms with Gasteiger partial charge in [-0.1, -0.05) is 26.7 Å². The van der Waals surface area contributed by atoms with Gasteiger partial charge in [0.25, 0.3) is 0 Å². The number of nitrogens with one attached hydrogen (secondary N) is 1. The van der Waals surface area contributed by atoms with Crippen molar-refractivity contribution < 1.29 is 4.74 Å². The summed E-state index contributed by atoms with van der Waals surface area (Å²) in [6, 6.07) is 0.710. The largest absolute Gasteiger partial charge is 0.380 e. The van der Waals surface area contributed by atoms with Crippen LogP contribution in [0.5, 0.6) is 0 Å². The quantitative estimate of drug-likeness (QED) is 0.658. The van der Waals surface area contributed by atoms with E-state index < -0.39 is 0 Å². The molecule has 1 saturated heterocycles. The molecule has 2 rings (SSSR count). The van der Waals surface area contributed by atoms with Crippen molar-refractivity contribution in [3.63, 3.8) is 0 Å². The summed E-state index contributed by atoms with van der Waals surface area (Å²) >= 11 is 0. The van der Waals surface area contributed by atoms with Gasteiger partial charge in [-0.25, -0.2) is 0 Å². The molecule has 2 atom stereocenters. The number of nitrogens with zero attached hydrogens (tertiary/aromatic N) is 1. The molecule has 118 valence electrons. The fraction of sp³-hybridized carbons (Fsp3) is 1.00. The van der Waals surface area contributed by atoms with Crippen molar-refractivity contribution in [3.8, 4) is 0 Å². The Balaban J connectivity index is 1.79. The van der Waals surface area contributed by atoms with Crippen LogP contribution in [0.15, 0.2) is 0 Å². The molecule has 1 aliphatic carbocycles. The van der Waals surface area contributed by atoms with Crippen LogP contribution >= 0.6 is 0 Å². The first-order chi connectivity index (χ1) is 9.69. The van der Waals surface area contributed by atoms with Crippen molar-refractivity contribution in [2.45, 2.75) is 70.9 Å². The first-order valence-corrected chi connectivity index (χ1v) is 8.76. The third kappa shape index (κ3) is 4.44. The van der Waals surface area contributed by atoms with Crippen LogP contribution in [0.1, 0.15) is 59.3 Å². The highest BCUT2D eigenvalue weighted by Crippen LogP contribution is 2.41. The summed E-state index contributed by atoms with van der Waals surface area (Å²) in [5, 5.41) is 3.85. The van der Waals surface area contributed by atoms with E-state index in [1.165, 1.54) is 45.1 Å². The Morgan fingerprint density at radius 3 is 2.65 bits per heavy atom. The third-order valence-corrected chi connectivity index (χ3v) is 5.05. The topological polar surface area (TPSA) is 24.5 Å². The minimum Gasteiger partial charge on any atom is -0.380 e. The van der Waals surface area contributed by atoms with E-state index in [1.807, 2.05) is 0 Å². The maximum atomic E-state index is 5.79. The van der Waals surface area contributed by atoms with E-state index in [9.17, 15) is 0 Å². The van der Waals surface area contributed by atoms with Gasteiger partial charge in [0, 0.05) is 37.8 Å². The summed E-state index contributed by atoms with van der Waals surface area (Å²) in [6.07, 6.45) is 7.85. The van der Waals surface area contributed by atoms with Crippen molar-refractivity contribution in [2.75, 3.05) is 32.8 Å². The number of ether oxygens (including phenoxy) is 1. The Kier molecular flexibility index (Phi) is 6.31. The smallest absolute Gasteiger partial charge is 0.0593 e. The number of unbranched alkanes of at least 4 members (excludes halogenated alkanes) is 1. The minimum absolute atomic E-state index is 0.355. The van der Waals surface area contributed by atoms with Gasteiger partial charge in [-0.3, -0.25) is 4.90 Å². The Morgan fingerprint density at radius 1 is 1.20 bits per heavy atom. The standard InChI is InChI=1S/C17H34N2O/c1-4-6-11-20-12-10-19-14-17(3,15-8-9-15)18-13-16(19)7-5-2/h15-16,18H,4-14H2,1-3H3. The molecule has 1 aliphatic heterocycles. The number of hydrogen-bond donors (Lipinski definition) is 1. The fourth-order valence-electron chi connectivity index (χ4n) is 3.49. The normalized spacial score (nSPS) is 31.6. The molecule has 20 heavy (non-hydrogen) atoms. The second-order valence-electron chi connectivity index (χ2n) is 6.95. The van der Waals surface area contributed by atoms with Crippen molar-refractivity contribution in [3.05, 3.63) is 0 Å². The number of piperazine rings is 1. The number of hydrogen-bond acceptors (Lipinski definition) is 3. The van der Waals surface area contributed by atoms with E-state index in [1.54, 1.807) is 0 Å². The van der Waals surface area contributed by atoms with Crippen LogP contribution in [0.2, 0.25) is 0 Å². The zero-order valence-electron chi connectivity index (χ0n) is 13.8. The summed E-state index contributed by atoms with van der Waals surface area (Å²) < 4.78 is 5.79. The van der Waals surface area contributed by atoms with E-state index in [4.69, 9.17) is 4.74 Å². The molecule has 0 aromatic heterocycles. The van der Waals surface area contributed by atoms with Gasteiger partial charge in [0.1, 0.15) is 0 Å². The SMILES string of the molecule is CCCCOCCN1CC(C)(C2CC2)NCC1CCC. The molecule has 1 N–H and O–H groups in total. The molecule has 0 aromatic carbocycles. The molecule has 2 unspecified atom stereocenters. The van der Waals surface area contributed by atoms with Gasteiger partial charge in [-0.15, -0.1) is 0 Å². The summed E-state index contributed by atoms with van der Waals surface area (Å²) in [7, 11) is 0. The van der Waals surface area contributed by atoms with Crippen molar-refractivity contribution in [2.24, 2.45) is 5.92 Å². The van der Waals surface area contributed by atoms with Gasteiger partial charge < -0.3 is 10.1 Å². The molecular weight excluding hydrogens is 248 g/mol. The molecule has 1 saturated carbocycles. The Morgan fingerprint density at radius 2 is 2.00 bits per heavy atom. The molecule has 0 bridgehead atoms. The summed E-state index contributed by atoms with van der Waals surface area (Å²) in [5.41, 5.74) is 0.355. The summed E-state index contributed by atoms with van der Waals surface area (Å²) in [6.45, 7) is 12.3.